The van der Waals surface area contributed by atoms with Crippen LogP contribution in [0.4, 0.5) is 5.69 Å². The molecule has 0 saturated carbocycles. The third kappa shape index (κ3) is 5.68. The molecule has 0 atom stereocenters. The van der Waals surface area contributed by atoms with Crippen LogP contribution < -0.4 is 4.90 Å². The highest BCUT2D eigenvalue weighted by molar-refractivity contribution is 5.95. The fourth-order valence-electron chi connectivity index (χ4n) is 3.18. The van der Waals surface area contributed by atoms with Crippen LogP contribution >= 0.6 is 0 Å². The largest absolute Gasteiger partial charge is 0.338 e. The molecule has 2 aromatic rings. The maximum Gasteiger partial charge on any atom is 0.229 e. The van der Waals surface area contributed by atoms with Crippen molar-refractivity contribution in [3.8, 4) is 0 Å². The molecular weight excluding hydrogens is 336 g/mol. The van der Waals surface area contributed by atoms with Gasteiger partial charge in [-0.25, -0.2) is 0 Å². The van der Waals surface area contributed by atoms with Crippen molar-refractivity contribution >= 4 is 17.5 Å². The minimum atomic E-state index is -0.0190. The second-order valence-corrected chi connectivity index (χ2v) is 7.32. The second-order valence-electron chi connectivity index (χ2n) is 7.32. The summed E-state index contributed by atoms with van der Waals surface area (Å²) in [7, 11) is 0. The minimum absolute atomic E-state index is 0.0190. The molecule has 27 heavy (non-hydrogen) atoms. The van der Waals surface area contributed by atoms with E-state index in [1.165, 1.54) is 0 Å². The van der Waals surface area contributed by atoms with Crippen molar-refractivity contribution in [3.63, 3.8) is 0 Å². The lowest BCUT2D eigenvalue weighted by Crippen LogP contribution is -2.40. The average molecular weight is 367 g/mol. The number of rotatable bonds is 7. The van der Waals surface area contributed by atoms with Crippen LogP contribution in [0.25, 0.3) is 0 Å². The van der Waals surface area contributed by atoms with E-state index in [1.54, 1.807) is 11.8 Å². The Morgan fingerprint density at radius 1 is 1.00 bits per heavy atom. The van der Waals surface area contributed by atoms with Crippen molar-refractivity contribution in [2.45, 2.75) is 53.6 Å². The predicted molar refractivity (Wildman–Crippen MR) is 111 cm³/mol. The highest BCUT2D eigenvalue weighted by Crippen LogP contribution is 2.24. The Morgan fingerprint density at radius 3 is 2.26 bits per heavy atom. The molecule has 0 aliphatic carbocycles. The van der Waals surface area contributed by atoms with Gasteiger partial charge in [-0.2, -0.15) is 0 Å². The van der Waals surface area contributed by atoms with E-state index in [1.807, 2.05) is 69.0 Å². The molecule has 0 aliphatic rings. The molecule has 0 spiro atoms. The SMILES string of the molecule is CC(=O)N(CCC(=O)N(c1cc(C)ccc1C)C(C)C)Cc1ccccc1. The number of carbonyl (C=O) groups is 2. The Morgan fingerprint density at radius 2 is 1.67 bits per heavy atom. The molecule has 0 radical (unpaired) electrons. The molecule has 2 amide bonds. The van der Waals surface area contributed by atoms with Gasteiger partial charge in [0.05, 0.1) is 0 Å². The van der Waals surface area contributed by atoms with Gasteiger partial charge in [-0.1, -0.05) is 42.5 Å². The van der Waals surface area contributed by atoms with Crippen LogP contribution in [0.3, 0.4) is 0 Å². The lowest BCUT2D eigenvalue weighted by molar-refractivity contribution is -0.130. The molecule has 2 rings (SSSR count). The molecule has 0 saturated heterocycles. The fraction of sp³-hybridized carbons (Fsp3) is 0.391. The Bertz CT molecular complexity index is 784. The molecule has 144 valence electrons. The number of hydrogen-bond acceptors (Lipinski definition) is 2. The van der Waals surface area contributed by atoms with Gasteiger partial charge < -0.3 is 9.80 Å². The van der Waals surface area contributed by atoms with Crippen molar-refractivity contribution in [3.05, 3.63) is 65.2 Å². The Kier molecular flexibility index (Phi) is 7.17. The van der Waals surface area contributed by atoms with E-state index < -0.39 is 0 Å². The summed E-state index contributed by atoms with van der Waals surface area (Å²) in [6.45, 7) is 10.6. The lowest BCUT2D eigenvalue weighted by Gasteiger charge is -2.30. The van der Waals surface area contributed by atoms with Crippen LogP contribution in [0.1, 0.15) is 43.9 Å². The van der Waals surface area contributed by atoms with E-state index in [0.717, 1.165) is 22.4 Å². The predicted octanol–water partition coefficient (Wildman–Crippen LogP) is 4.48. The number of carbonyl (C=O) groups excluding carboxylic acids is 2. The van der Waals surface area contributed by atoms with Crippen molar-refractivity contribution in [2.75, 3.05) is 11.4 Å². The Balaban J connectivity index is 2.12. The van der Waals surface area contributed by atoms with Crippen molar-refractivity contribution < 1.29 is 9.59 Å². The molecule has 4 heteroatoms. The smallest absolute Gasteiger partial charge is 0.229 e. The van der Waals surface area contributed by atoms with E-state index >= 15 is 0 Å². The molecule has 4 nitrogen and oxygen atoms in total. The summed E-state index contributed by atoms with van der Waals surface area (Å²) >= 11 is 0. The molecule has 0 fully saturated rings. The van der Waals surface area contributed by atoms with Gasteiger partial charge in [0.15, 0.2) is 0 Å². The van der Waals surface area contributed by atoms with E-state index in [2.05, 4.69) is 12.1 Å². The first kappa shape index (κ1) is 20.7. The van der Waals surface area contributed by atoms with E-state index in [-0.39, 0.29) is 17.9 Å². The topological polar surface area (TPSA) is 40.6 Å². The second kappa shape index (κ2) is 9.36. The van der Waals surface area contributed by atoms with E-state index in [9.17, 15) is 9.59 Å². The van der Waals surface area contributed by atoms with Gasteiger partial charge in [0.25, 0.3) is 0 Å². The normalized spacial score (nSPS) is 10.7. The van der Waals surface area contributed by atoms with Crippen LogP contribution in [-0.4, -0.2) is 29.3 Å². The van der Waals surface area contributed by atoms with Gasteiger partial charge >= 0.3 is 0 Å². The number of hydrogen-bond donors (Lipinski definition) is 0. The zero-order chi connectivity index (χ0) is 20.0. The minimum Gasteiger partial charge on any atom is -0.338 e. The first-order valence-corrected chi connectivity index (χ1v) is 9.48. The standard InChI is InChI=1S/C23H30N2O2/c1-17(2)25(22-15-18(3)11-12-19(22)4)23(27)13-14-24(20(5)26)16-21-9-7-6-8-10-21/h6-12,15,17H,13-14,16H2,1-5H3. The van der Waals surface area contributed by atoms with Gasteiger partial charge in [0, 0.05) is 38.2 Å². The first-order valence-electron chi connectivity index (χ1n) is 9.48. The Labute approximate surface area is 162 Å². The highest BCUT2D eigenvalue weighted by atomic mass is 16.2. The third-order valence-electron chi connectivity index (χ3n) is 4.67. The van der Waals surface area contributed by atoms with E-state index in [0.29, 0.717) is 19.5 Å². The molecule has 0 heterocycles. The molecule has 0 unspecified atom stereocenters. The van der Waals surface area contributed by atoms with Crippen LogP contribution in [0, 0.1) is 13.8 Å². The summed E-state index contributed by atoms with van der Waals surface area (Å²) < 4.78 is 0. The molecule has 2 aromatic carbocycles. The number of nitrogens with zero attached hydrogens (tertiary/aromatic N) is 2. The average Bonchev–Trinajstić information content (AvgIpc) is 2.62. The quantitative estimate of drug-likeness (QED) is 0.725. The number of amides is 2. The van der Waals surface area contributed by atoms with Crippen molar-refractivity contribution in [1.82, 2.24) is 4.90 Å². The highest BCUT2D eigenvalue weighted by Gasteiger charge is 2.22. The first-order chi connectivity index (χ1) is 12.8. The van der Waals surface area contributed by atoms with Gasteiger partial charge in [0.1, 0.15) is 0 Å². The summed E-state index contributed by atoms with van der Waals surface area (Å²) in [5.41, 5.74) is 4.22. The third-order valence-corrected chi connectivity index (χ3v) is 4.67. The molecule has 0 N–H and O–H groups in total. The van der Waals surface area contributed by atoms with Crippen LogP contribution in [0.2, 0.25) is 0 Å². The number of anilines is 1. The summed E-state index contributed by atoms with van der Waals surface area (Å²) in [6, 6.07) is 16.1. The monoisotopic (exact) mass is 366 g/mol. The van der Waals surface area contributed by atoms with Crippen LogP contribution in [0.5, 0.6) is 0 Å². The molecule has 0 aromatic heterocycles. The maximum atomic E-state index is 13.0. The Hall–Kier alpha value is -2.62. The van der Waals surface area contributed by atoms with Gasteiger partial charge in [-0.15, -0.1) is 0 Å². The van der Waals surface area contributed by atoms with Crippen LogP contribution in [-0.2, 0) is 16.1 Å². The van der Waals surface area contributed by atoms with Crippen molar-refractivity contribution in [1.29, 1.82) is 0 Å². The summed E-state index contributed by atoms with van der Waals surface area (Å²) in [5, 5.41) is 0. The summed E-state index contributed by atoms with van der Waals surface area (Å²) in [5.74, 6) is 0.0208. The van der Waals surface area contributed by atoms with Gasteiger partial charge in [-0.3, -0.25) is 9.59 Å². The van der Waals surface area contributed by atoms with Gasteiger partial charge in [0.2, 0.25) is 11.8 Å². The van der Waals surface area contributed by atoms with E-state index in [4.69, 9.17) is 0 Å². The fourth-order valence-corrected chi connectivity index (χ4v) is 3.18. The molecule has 0 bridgehead atoms. The maximum absolute atomic E-state index is 13.0. The summed E-state index contributed by atoms with van der Waals surface area (Å²) in [6.07, 6.45) is 0.304. The number of benzene rings is 2. The number of aryl methyl sites for hydroxylation is 2. The van der Waals surface area contributed by atoms with Crippen molar-refractivity contribution in [2.24, 2.45) is 0 Å². The zero-order valence-electron chi connectivity index (χ0n) is 17.0. The molecule has 0 aliphatic heterocycles. The lowest BCUT2D eigenvalue weighted by atomic mass is 10.1. The van der Waals surface area contributed by atoms with Crippen LogP contribution in [0.15, 0.2) is 48.5 Å². The van der Waals surface area contributed by atoms with Gasteiger partial charge in [-0.05, 0) is 50.5 Å². The summed E-state index contributed by atoms with van der Waals surface area (Å²) in [4.78, 5) is 28.6. The molecular formula is C23H30N2O2. The zero-order valence-corrected chi connectivity index (χ0v) is 17.0.